The number of amides is 1. The normalized spacial score (nSPS) is 22.3. The van der Waals surface area contributed by atoms with Crippen LogP contribution in [-0.4, -0.2) is 79.7 Å². The van der Waals surface area contributed by atoms with E-state index in [9.17, 15) is 18.0 Å². The van der Waals surface area contributed by atoms with Gasteiger partial charge in [0.15, 0.2) is 0 Å². The van der Waals surface area contributed by atoms with Gasteiger partial charge in [-0.25, -0.2) is 4.98 Å². The molecule has 0 saturated carbocycles. The highest BCUT2D eigenvalue weighted by molar-refractivity contribution is 5.79. The number of hydrogen-bond acceptors (Lipinski definition) is 5. The van der Waals surface area contributed by atoms with Crippen molar-refractivity contribution in [2.75, 3.05) is 57.8 Å². The first-order valence-corrected chi connectivity index (χ1v) is 9.76. The van der Waals surface area contributed by atoms with E-state index in [0.29, 0.717) is 25.9 Å². The highest BCUT2D eigenvalue weighted by Gasteiger charge is 2.34. The Morgan fingerprint density at radius 2 is 2.00 bits per heavy atom. The number of pyridine rings is 1. The molecule has 0 aliphatic carbocycles. The summed E-state index contributed by atoms with van der Waals surface area (Å²) in [6.07, 6.45) is -1.26. The quantitative estimate of drug-likeness (QED) is 0.817. The number of rotatable bonds is 5. The molecule has 156 valence electrons. The second kappa shape index (κ2) is 9.09. The highest BCUT2D eigenvalue weighted by atomic mass is 19.4. The first kappa shape index (κ1) is 20.9. The molecule has 28 heavy (non-hydrogen) atoms. The Bertz CT molecular complexity index is 661. The number of hydrogen-bond donors (Lipinski definition) is 1. The summed E-state index contributed by atoms with van der Waals surface area (Å²) < 4.78 is 37.9. The van der Waals surface area contributed by atoms with Crippen LogP contribution in [0.3, 0.4) is 0 Å². The zero-order valence-corrected chi connectivity index (χ0v) is 16.2. The molecular weight excluding hydrogens is 371 g/mol. The van der Waals surface area contributed by atoms with Gasteiger partial charge >= 0.3 is 6.18 Å². The van der Waals surface area contributed by atoms with Gasteiger partial charge in [-0.3, -0.25) is 9.69 Å². The molecule has 2 aliphatic heterocycles. The average Bonchev–Trinajstić information content (AvgIpc) is 2.66. The van der Waals surface area contributed by atoms with Gasteiger partial charge in [0, 0.05) is 51.0 Å². The Labute approximate surface area is 163 Å². The molecule has 1 aromatic heterocycles. The lowest BCUT2D eigenvalue weighted by Gasteiger charge is -2.34. The minimum atomic E-state index is -4.23. The largest absolute Gasteiger partial charge is 0.401 e. The molecule has 0 aromatic carbocycles. The summed E-state index contributed by atoms with van der Waals surface area (Å²) in [5.74, 6) is 0.290. The van der Waals surface area contributed by atoms with E-state index < -0.39 is 18.6 Å². The number of likely N-dealkylation sites (tertiary alicyclic amines) is 1. The lowest BCUT2D eigenvalue weighted by atomic mass is 9.97. The van der Waals surface area contributed by atoms with E-state index in [1.54, 1.807) is 6.20 Å². The van der Waals surface area contributed by atoms with E-state index in [1.165, 1.54) is 4.90 Å². The van der Waals surface area contributed by atoms with E-state index in [-0.39, 0.29) is 12.5 Å². The SMILES string of the molecule is CN1CCN(c2ncccc2CNC(=O)[C@H]2CCCN(CC(F)(F)F)C2)CC1. The molecule has 2 saturated heterocycles. The van der Waals surface area contributed by atoms with Crippen LogP contribution in [0.1, 0.15) is 18.4 Å². The molecule has 1 amide bonds. The van der Waals surface area contributed by atoms with E-state index >= 15 is 0 Å². The van der Waals surface area contributed by atoms with Gasteiger partial charge in [-0.05, 0) is 32.5 Å². The number of carbonyl (C=O) groups excluding carboxylic acids is 1. The van der Waals surface area contributed by atoms with Crippen LogP contribution in [-0.2, 0) is 11.3 Å². The molecule has 0 radical (unpaired) electrons. The van der Waals surface area contributed by atoms with Gasteiger partial charge in [-0.15, -0.1) is 0 Å². The zero-order chi connectivity index (χ0) is 20.1. The van der Waals surface area contributed by atoms with Crippen LogP contribution in [0.5, 0.6) is 0 Å². The summed E-state index contributed by atoms with van der Waals surface area (Å²) in [5, 5.41) is 2.92. The van der Waals surface area contributed by atoms with Crippen molar-refractivity contribution in [1.29, 1.82) is 0 Å². The standard InChI is InChI=1S/C19H28F3N5O/c1-25-8-10-27(11-9-25)17-15(4-2-6-23-17)12-24-18(28)16-5-3-7-26(13-16)14-19(20,21)22/h2,4,6,16H,3,5,7-14H2,1H3,(H,24,28)/t16-/m0/s1. The maximum atomic E-state index is 12.6. The zero-order valence-electron chi connectivity index (χ0n) is 16.2. The van der Waals surface area contributed by atoms with Crippen LogP contribution in [0.2, 0.25) is 0 Å². The number of piperidine rings is 1. The number of halogens is 3. The Morgan fingerprint density at radius 1 is 1.25 bits per heavy atom. The molecule has 0 spiro atoms. The molecule has 3 heterocycles. The van der Waals surface area contributed by atoms with Crippen molar-refractivity contribution < 1.29 is 18.0 Å². The van der Waals surface area contributed by atoms with Gasteiger partial charge in [-0.1, -0.05) is 6.07 Å². The molecule has 1 N–H and O–H groups in total. The molecule has 6 nitrogen and oxygen atoms in total. The first-order chi connectivity index (χ1) is 13.3. The van der Waals surface area contributed by atoms with Crippen LogP contribution in [0.15, 0.2) is 18.3 Å². The second-order valence-electron chi connectivity index (χ2n) is 7.68. The van der Waals surface area contributed by atoms with E-state index in [0.717, 1.165) is 37.6 Å². The van der Waals surface area contributed by atoms with Crippen molar-refractivity contribution in [2.24, 2.45) is 5.92 Å². The van der Waals surface area contributed by atoms with E-state index in [4.69, 9.17) is 0 Å². The second-order valence-corrected chi connectivity index (χ2v) is 7.68. The molecule has 0 bridgehead atoms. The fourth-order valence-corrected chi connectivity index (χ4v) is 3.86. The van der Waals surface area contributed by atoms with Crippen molar-refractivity contribution in [3.63, 3.8) is 0 Å². The summed E-state index contributed by atoms with van der Waals surface area (Å²) in [6.45, 7) is 3.60. The number of alkyl halides is 3. The van der Waals surface area contributed by atoms with Gasteiger partial charge in [0.2, 0.25) is 5.91 Å². The Balaban J connectivity index is 1.56. The van der Waals surface area contributed by atoms with Crippen LogP contribution in [0, 0.1) is 5.92 Å². The summed E-state index contributed by atoms with van der Waals surface area (Å²) in [4.78, 5) is 22.8. The molecular formula is C19H28F3N5O. The minimum absolute atomic E-state index is 0.156. The third kappa shape index (κ3) is 5.81. The van der Waals surface area contributed by atoms with Gasteiger partial charge < -0.3 is 15.1 Å². The monoisotopic (exact) mass is 399 g/mol. The molecule has 1 aromatic rings. The Kier molecular flexibility index (Phi) is 6.77. The van der Waals surface area contributed by atoms with E-state index in [1.807, 2.05) is 12.1 Å². The van der Waals surface area contributed by atoms with Crippen LogP contribution in [0.25, 0.3) is 0 Å². The molecule has 0 unspecified atom stereocenters. The van der Waals surface area contributed by atoms with E-state index in [2.05, 4.69) is 27.1 Å². The predicted molar refractivity (Wildman–Crippen MR) is 101 cm³/mol. The predicted octanol–water partition coefficient (Wildman–Crippen LogP) is 1.72. The van der Waals surface area contributed by atoms with Gasteiger partial charge in [0.1, 0.15) is 5.82 Å². The summed E-state index contributed by atoms with van der Waals surface area (Å²) in [7, 11) is 2.09. The molecule has 9 heteroatoms. The van der Waals surface area contributed by atoms with Crippen LogP contribution < -0.4 is 10.2 Å². The Hall–Kier alpha value is -1.87. The van der Waals surface area contributed by atoms with Gasteiger partial charge in [0.05, 0.1) is 12.5 Å². The molecule has 2 fully saturated rings. The molecule has 3 rings (SSSR count). The lowest BCUT2D eigenvalue weighted by Crippen LogP contribution is -2.46. The first-order valence-electron chi connectivity index (χ1n) is 9.76. The number of anilines is 1. The third-order valence-corrected chi connectivity index (χ3v) is 5.40. The number of likely N-dealkylation sites (N-methyl/N-ethyl adjacent to an activating group) is 1. The maximum absolute atomic E-state index is 12.6. The van der Waals surface area contributed by atoms with Crippen molar-refractivity contribution in [3.8, 4) is 0 Å². The fraction of sp³-hybridized carbons (Fsp3) is 0.684. The van der Waals surface area contributed by atoms with Crippen molar-refractivity contribution >= 4 is 11.7 Å². The number of aromatic nitrogens is 1. The maximum Gasteiger partial charge on any atom is 0.401 e. The average molecular weight is 399 g/mol. The van der Waals surface area contributed by atoms with Crippen molar-refractivity contribution in [2.45, 2.75) is 25.6 Å². The summed E-state index contributed by atoms with van der Waals surface area (Å²) in [5.41, 5.74) is 0.934. The summed E-state index contributed by atoms with van der Waals surface area (Å²) in [6, 6.07) is 3.78. The molecule has 1 atom stereocenters. The van der Waals surface area contributed by atoms with Crippen LogP contribution >= 0.6 is 0 Å². The number of nitrogens with zero attached hydrogens (tertiary/aromatic N) is 4. The van der Waals surface area contributed by atoms with Gasteiger partial charge in [0.25, 0.3) is 0 Å². The van der Waals surface area contributed by atoms with Crippen LogP contribution in [0.4, 0.5) is 19.0 Å². The molecule has 2 aliphatic rings. The lowest BCUT2D eigenvalue weighted by molar-refractivity contribution is -0.152. The fourth-order valence-electron chi connectivity index (χ4n) is 3.86. The van der Waals surface area contributed by atoms with Gasteiger partial charge in [-0.2, -0.15) is 13.2 Å². The third-order valence-electron chi connectivity index (χ3n) is 5.40. The summed E-state index contributed by atoms with van der Waals surface area (Å²) >= 11 is 0. The number of nitrogens with one attached hydrogen (secondary N) is 1. The number of piperazine rings is 1. The smallest absolute Gasteiger partial charge is 0.354 e. The topological polar surface area (TPSA) is 51.7 Å². The van der Waals surface area contributed by atoms with Crippen molar-refractivity contribution in [1.82, 2.24) is 20.1 Å². The Morgan fingerprint density at radius 3 is 2.71 bits per heavy atom. The minimum Gasteiger partial charge on any atom is -0.354 e. The highest BCUT2D eigenvalue weighted by Crippen LogP contribution is 2.23. The number of carbonyl (C=O) groups is 1. The van der Waals surface area contributed by atoms with Crippen molar-refractivity contribution in [3.05, 3.63) is 23.9 Å².